The van der Waals surface area contributed by atoms with E-state index in [0.717, 1.165) is 0 Å². The van der Waals surface area contributed by atoms with Crippen LogP contribution in [0.5, 0.6) is 0 Å². The average molecular weight is 359 g/mol. The van der Waals surface area contributed by atoms with Gasteiger partial charge in [0.1, 0.15) is 0 Å². The lowest BCUT2D eigenvalue weighted by atomic mass is 9.80. The Kier molecular flexibility index (Phi) is 3.01. The summed E-state index contributed by atoms with van der Waals surface area (Å²) in [6.07, 6.45) is 0. The lowest BCUT2D eigenvalue weighted by molar-refractivity contribution is 0.667. The predicted octanol–water partition coefficient (Wildman–Crippen LogP) is 7.29. The highest BCUT2D eigenvalue weighted by molar-refractivity contribution is 6.12. The number of H-pyrrole nitrogens is 1. The molecule has 0 fully saturated rings. The molecule has 1 heterocycles. The van der Waals surface area contributed by atoms with E-state index in [2.05, 4.69) is 104 Å². The van der Waals surface area contributed by atoms with Gasteiger partial charge in [-0.05, 0) is 45.2 Å². The molecule has 0 bridgehead atoms. The maximum atomic E-state index is 3.74. The number of fused-ring (bicyclic) bond motifs is 7. The van der Waals surface area contributed by atoms with Gasteiger partial charge in [-0.25, -0.2) is 0 Å². The van der Waals surface area contributed by atoms with Gasteiger partial charge >= 0.3 is 0 Å². The first-order valence-electron chi connectivity index (χ1n) is 9.89. The molecular formula is C27H21N. The first kappa shape index (κ1) is 15.7. The number of rotatable bonds is 1. The maximum Gasteiger partial charge on any atom is 0.0509 e. The molecule has 134 valence electrons. The Morgan fingerprint density at radius 3 is 2.36 bits per heavy atom. The van der Waals surface area contributed by atoms with Crippen LogP contribution >= 0.6 is 0 Å². The molecule has 28 heavy (non-hydrogen) atoms. The van der Waals surface area contributed by atoms with E-state index in [4.69, 9.17) is 0 Å². The molecule has 0 spiro atoms. The van der Waals surface area contributed by atoms with E-state index in [1.54, 1.807) is 0 Å². The molecule has 0 radical (unpaired) electrons. The fourth-order valence-electron chi connectivity index (χ4n) is 5.02. The second kappa shape index (κ2) is 5.36. The van der Waals surface area contributed by atoms with Crippen LogP contribution in [0.3, 0.4) is 0 Å². The third-order valence-corrected chi connectivity index (χ3v) is 6.38. The van der Waals surface area contributed by atoms with Gasteiger partial charge in [0.15, 0.2) is 0 Å². The average Bonchev–Trinajstić information content (AvgIpc) is 3.23. The van der Waals surface area contributed by atoms with Gasteiger partial charge in [-0.15, -0.1) is 0 Å². The summed E-state index contributed by atoms with van der Waals surface area (Å²) in [4.78, 5) is 3.74. The van der Waals surface area contributed by atoms with Crippen molar-refractivity contribution in [1.82, 2.24) is 4.98 Å². The normalized spacial score (nSPS) is 14.4. The van der Waals surface area contributed by atoms with E-state index in [0.29, 0.717) is 0 Å². The molecule has 5 aromatic rings. The smallest absolute Gasteiger partial charge is 0.0509 e. The molecule has 0 atom stereocenters. The molecule has 1 aliphatic carbocycles. The van der Waals surface area contributed by atoms with Crippen LogP contribution in [0.2, 0.25) is 0 Å². The quantitative estimate of drug-likeness (QED) is 0.323. The summed E-state index contributed by atoms with van der Waals surface area (Å²) in [7, 11) is 0. The van der Waals surface area contributed by atoms with Crippen LogP contribution in [0.4, 0.5) is 0 Å². The van der Waals surface area contributed by atoms with E-state index >= 15 is 0 Å². The van der Waals surface area contributed by atoms with Gasteiger partial charge in [-0.3, -0.25) is 0 Å². The Morgan fingerprint density at radius 1 is 0.714 bits per heavy atom. The van der Waals surface area contributed by atoms with E-state index in [9.17, 15) is 0 Å². The highest BCUT2D eigenvalue weighted by Crippen LogP contribution is 2.53. The molecule has 6 rings (SSSR count). The van der Waals surface area contributed by atoms with Crippen LogP contribution in [0, 0.1) is 0 Å². The molecule has 0 unspecified atom stereocenters. The minimum atomic E-state index is -0.0438. The maximum absolute atomic E-state index is 3.74. The van der Waals surface area contributed by atoms with Crippen LogP contribution in [0.1, 0.15) is 25.0 Å². The lowest BCUT2D eigenvalue weighted by Crippen LogP contribution is -2.15. The Bertz CT molecular complexity index is 1370. The number of hydrogen-bond acceptors (Lipinski definition) is 0. The predicted molar refractivity (Wildman–Crippen MR) is 119 cm³/mol. The topological polar surface area (TPSA) is 15.8 Å². The second-order valence-electron chi connectivity index (χ2n) is 8.34. The second-order valence-corrected chi connectivity index (χ2v) is 8.34. The molecule has 1 aliphatic rings. The van der Waals surface area contributed by atoms with Crippen molar-refractivity contribution in [1.29, 1.82) is 0 Å². The van der Waals surface area contributed by atoms with Crippen molar-refractivity contribution in [3.63, 3.8) is 0 Å². The van der Waals surface area contributed by atoms with Gasteiger partial charge in [0.25, 0.3) is 0 Å². The third kappa shape index (κ3) is 1.96. The molecular weight excluding hydrogens is 338 g/mol. The van der Waals surface area contributed by atoms with Crippen LogP contribution in [-0.4, -0.2) is 4.98 Å². The molecule has 1 nitrogen and oxygen atoms in total. The number of aromatic amines is 1. The standard InChI is InChI=1S/C27H21N/c1-27(2)22-16-19(17-8-4-3-5-9-17)12-14-21(22)26-25(27)24-20-11-7-6-10-18(20)13-15-23(24)28-26/h3-16,28H,1-2H3. The monoisotopic (exact) mass is 359 g/mol. The van der Waals surface area contributed by atoms with Crippen LogP contribution in [0.25, 0.3) is 44.1 Å². The van der Waals surface area contributed by atoms with Gasteiger partial charge in [0.2, 0.25) is 0 Å². The van der Waals surface area contributed by atoms with E-state index in [-0.39, 0.29) is 5.41 Å². The highest BCUT2D eigenvalue weighted by atomic mass is 14.8. The van der Waals surface area contributed by atoms with Crippen molar-refractivity contribution in [3.8, 4) is 22.4 Å². The summed E-state index contributed by atoms with van der Waals surface area (Å²) in [5, 5.41) is 4.01. The SMILES string of the molecule is CC1(C)c2cc(-c3ccccc3)ccc2-c2[nH]c3ccc4ccccc4c3c21. The van der Waals surface area contributed by atoms with E-state index in [1.165, 1.54) is 55.2 Å². The fraction of sp³-hybridized carbons (Fsp3) is 0.111. The number of aromatic nitrogens is 1. The molecule has 1 N–H and O–H groups in total. The van der Waals surface area contributed by atoms with Crippen molar-refractivity contribution >= 4 is 21.7 Å². The summed E-state index contributed by atoms with van der Waals surface area (Å²) in [6, 6.07) is 30.8. The van der Waals surface area contributed by atoms with Crippen LogP contribution < -0.4 is 0 Å². The van der Waals surface area contributed by atoms with Gasteiger partial charge in [0, 0.05) is 21.9 Å². The highest BCUT2D eigenvalue weighted by Gasteiger charge is 2.39. The number of hydrogen-bond donors (Lipinski definition) is 1. The first-order chi connectivity index (χ1) is 13.6. The minimum absolute atomic E-state index is 0.0438. The van der Waals surface area contributed by atoms with Crippen molar-refractivity contribution in [3.05, 3.63) is 96.1 Å². The molecule has 0 aliphatic heterocycles. The first-order valence-corrected chi connectivity index (χ1v) is 9.89. The Hall–Kier alpha value is -3.32. The van der Waals surface area contributed by atoms with Crippen LogP contribution in [0.15, 0.2) is 84.9 Å². The third-order valence-electron chi connectivity index (χ3n) is 6.38. The zero-order valence-electron chi connectivity index (χ0n) is 16.1. The van der Waals surface area contributed by atoms with Crippen molar-refractivity contribution in [2.75, 3.05) is 0 Å². The van der Waals surface area contributed by atoms with Gasteiger partial charge in [0.05, 0.1) is 5.69 Å². The lowest BCUT2D eigenvalue weighted by Gasteiger charge is -2.22. The zero-order valence-corrected chi connectivity index (χ0v) is 16.1. The fourth-order valence-corrected chi connectivity index (χ4v) is 5.02. The zero-order chi connectivity index (χ0) is 18.9. The largest absolute Gasteiger partial charge is 0.354 e. The summed E-state index contributed by atoms with van der Waals surface area (Å²) in [5.74, 6) is 0. The molecule has 0 saturated heterocycles. The Morgan fingerprint density at radius 2 is 1.50 bits per heavy atom. The van der Waals surface area contributed by atoms with Crippen LogP contribution in [-0.2, 0) is 5.41 Å². The molecule has 4 aromatic carbocycles. The van der Waals surface area contributed by atoms with Gasteiger partial charge < -0.3 is 4.98 Å². The Labute approximate surface area is 164 Å². The van der Waals surface area contributed by atoms with Crippen molar-refractivity contribution in [2.45, 2.75) is 19.3 Å². The summed E-state index contributed by atoms with van der Waals surface area (Å²) in [5.41, 5.74) is 9.20. The molecule has 0 amide bonds. The molecule has 1 heteroatoms. The van der Waals surface area contributed by atoms with E-state index in [1.807, 2.05) is 0 Å². The van der Waals surface area contributed by atoms with Crippen molar-refractivity contribution in [2.24, 2.45) is 0 Å². The van der Waals surface area contributed by atoms with Crippen molar-refractivity contribution < 1.29 is 0 Å². The summed E-state index contributed by atoms with van der Waals surface area (Å²) >= 11 is 0. The molecule has 1 aromatic heterocycles. The minimum Gasteiger partial charge on any atom is -0.354 e. The van der Waals surface area contributed by atoms with Gasteiger partial charge in [-0.2, -0.15) is 0 Å². The Balaban J connectivity index is 1.66. The molecule has 0 saturated carbocycles. The summed E-state index contributed by atoms with van der Waals surface area (Å²) < 4.78 is 0. The summed E-state index contributed by atoms with van der Waals surface area (Å²) in [6.45, 7) is 4.73. The number of benzene rings is 4. The van der Waals surface area contributed by atoms with E-state index < -0.39 is 0 Å². The van der Waals surface area contributed by atoms with Gasteiger partial charge in [-0.1, -0.05) is 86.6 Å². The number of nitrogens with one attached hydrogen (secondary N) is 1.